The molecule has 0 aromatic carbocycles. The van der Waals surface area contributed by atoms with Gasteiger partial charge in [0.1, 0.15) is 11.2 Å². The Morgan fingerprint density at radius 1 is 0.571 bits per heavy atom. The van der Waals surface area contributed by atoms with Gasteiger partial charge in [0.15, 0.2) is 0 Å². The maximum absolute atomic E-state index is 11.3. The molecule has 5 unspecified atom stereocenters. The lowest BCUT2D eigenvalue weighted by molar-refractivity contribution is -0.108. The minimum atomic E-state index is -0.935. The molecule has 0 saturated carbocycles. The molecule has 8 nitrogen and oxygen atoms in total. The number of methoxy groups -OCH3 is 2. The van der Waals surface area contributed by atoms with Crippen molar-refractivity contribution in [3.63, 3.8) is 0 Å². The first-order chi connectivity index (χ1) is 16.3. The van der Waals surface area contributed by atoms with Crippen molar-refractivity contribution in [3.8, 4) is 0 Å². The van der Waals surface area contributed by atoms with Crippen molar-refractivity contribution < 1.29 is 24.8 Å². The van der Waals surface area contributed by atoms with E-state index >= 15 is 0 Å². The predicted octanol–water partition coefficient (Wildman–Crippen LogP) is 2.06. The monoisotopic (exact) mass is 503 g/mol. The zero-order valence-electron chi connectivity index (χ0n) is 24.2. The van der Waals surface area contributed by atoms with Crippen LogP contribution in [-0.2, 0) is 9.47 Å². The smallest absolute Gasteiger partial charge is 0.103 e. The quantitative estimate of drug-likeness (QED) is 0.332. The lowest BCUT2D eigenvalue weighted by Crippen LogP contribution is -2.54. The van der Waals surface area contributed by atoms with Gasteiger partial charge in [0.2, 0.25) is 0 Å². The van der Waals surface area contributed by atoms with Gasteiger partial charge < -0.3 is 24.8 Å². The van der Waals surface area contributed by atoms with Crippen molar-refractivity contribution in [2.75, 3.05) is 73.1 Å². The van der Waals surface area contributed by atoms with Crippen molar-refractivity contribution in [2.45, 2.75) is 96.7 Å². The second-order valence-electron chi connectivity index (χ2n) is 11.1. The fourth-order valence-electron chi connectivity index (χ4n) is 5.02. The van der Waals surface area contributed by atoms with Gasteiger partial charge in [-0.2, -0.15) is 0 Å². The van der Waals surface area contributed by atoms with E-state index in [1.54, 1.807) is 14.2 Å². The fourth-order valence-corrected chi connectivity index (χ4v) is 5.02. The molecule has 0 amide bonds. The van der Waals surface area contributed by atoms with Crippen LogP contribution < -0.4 is 0 Å². The van der Waals surface area contributed by atoms with Crippen molar-refractivity contribution >= 4 is 0 Å². The molecular formula is C27H57N3O5. The molecule has 1 aliphatic heterocycles. The Bertz CT molecular complexity index is 559. The molecule has 210 valence electrons. The van der Waals surface area contributed by atoms with E-state index in [1.807, 2.05) is 27.7 Å². The Morgan fingerprint density at radius 2 is 0.829 bits per heavy atom. The average molecular weight is 504 g/mol. The van der Waals surface area contributed by atoms with E-state index in [2.05, 4.69) is 35.5 Å². The van der Waals surface area contributed by atoms with E-state index in [-0.39, 0.29) is 18.1 Å². The van der Waals surface area contributed by atoms with Crippen LogP contribution >= 0.6 is 0 Å². The molecule has 5 atom stereocenters. The van der Waals surface area contributed by atoms with Crippen LogP contribution in [0, 0.1) is 5.92 Å². The number of hydrogen-bond donors (Lipinski definition) is 3. The summed E-state index contributed by atoms with van der Waals surface area (Å²) < 4.78 is 11.0. The van der Waals surface area contributed by atoms with Crippen LogP contribution in [0.1, 0.15) is 67.7 Å². The summed E-state index contributed by atoms with van der Waals surface area (Å²) in [6.07, 6.45) is 1.37. The summed E-state index contributed by atoms with van der Waals surface area (Å²) in [6, 6.07) is 0. The maximum Gasteiger partial charge on any atom is 0.103 e. The Hall–Kier alpha value is -0.320. The Balaban J connectivity index is 3.16. The highest BCUT2D eigenvalue weighted by atomic mass is 16.5. The van der Waals surface area contributed by atoms with Crippen LogP contribution in [0.25, 0.3) is 0 Å². The molecule has 0 radical (unpaired) electrons. The number of aliphatic hydroxyl groups is 3. The molecule has 3 N–H and O–H groups in total. The molecule has 0 bridgehead atoms. The van der Waals surface area contributed by atoms with Crippen LogP contribution in [0.15, 0.2) is 0 Å². The van der Waals surface area contributed by atoms with E-state index in [4.69, 9.17) is 9.47 Å². The molecule has 35 heavy (non-hydrogen) atoms. The highest BCUT2D eigenvalue weighted by molar-refractivity contribution is 4.92. The topological polar surface area (TPSA) is 88.9 Å². The van der Waals surface area contributed by atoms with Crippen LogP contribution in [-0.4, -0.2) is 132 Å². The second-order valence-corrected chi connectivity index (χ2v) is 11.1. The molecular weight excluding hydrogens is 446 g/mol. The lowest BCUT2D eigenvalue weighted by Gasteiger charge is -2.39. The standard InChI is InChI=1S/C27H57N3O5/c1-10-25(31,22(4)5)19-28-13-15-29(20-26(32,11-2)23(6)34-8)17-18-30(16-14-28)21-27(33,12-3)24(7)35-9/h22-24,31-33H,10-21H2,1-9H3. The van der Waals surface area contributed by atoms with Gasteiger partial charge in [0.25, 0.3) is 0 Å². The molecule has 1 rings (SSSR count). The van der Waals surface area contributed by atoms with Crippen molar-refractivity contribution in [3.05, 3.63) is 0 Å². The highest BCUT2D eigenvalue weighted by Gasteiger charge is 2.38. The summed E-state index contributed by atoms with van der Waals surface area (Å²) in [5.74, 6) is 0.160. The van der Waals surface area contributed by atoms with Crippen molar-refractivity contribution in [1.29, 1.82) is 0 Å². The molecule has 0 spiro atoms. The first kappa shape index (κ1) is 32.7. The van der Waals surface area contributed by atoms with Gasteiger partial charge in [-0.3, -0.25) is 14.7 Å². The Kier molecular flexibility index (Phi) is 13.6. The van der Waals surface area contributed by atoms with E-state index in [1.165, 1.54) is 0 Å². The van der Waals surface area contributed by atoms with Gasteiger partial charge in [-0.05, 0) is 39.0 Å². The third-order valence-corrected chi connectivity index (χ3v) is 8.82. The normalized spacial score (nSPS) is 24.6. The van der Waals surface area contributed by atoms with Gasteiger partial charge >= 0.3 is 0 Å². The van der Waals surface area contributed by atoms with Crippen LogP contribution in [0.4, 0.5) is 0 Å². The van der Waals surface area contributed by atoms with Crippen molar-refractivity contribution in [1.82, 2.24) is 14.7 Å². The Morgan fingerprint density at radius 3 is 1.03 bits per heavy atom. The molecule has 0 aromatic rings. The Labute approximate surface area is 215 Å². The third kappa shape index (κ3) is 9.18. The van der Waals surface area contributed by atoms with E-state index in [0.29, 0.717) is 38.9 Å². The summed E-state index contributed by atoms with van der Waals surface area (Å²) in [6.45, 7) is 20.5. The number of β-amino-alcohol motifs (C(OH)–C–C–N with tert-alkyl or cyclic N) is 3. The zero-order chi connectivity index (χ0) is 26.9. The zero-order valence-corrected chi connectivity index (χ0v) is 24.2. The fraction of sp³-hybridized carbons (Fsp3) is 1.00. The van der Waals surface area contributed by atoms with E-state index in [0.717, 1.165) is 39.3 Å². The summed E-state index contributed by atoms with van der Waals surface area (Å²) >= 11 is 0. The molecule has 1 heterocycles. The SMILES string of the molecule is CCC(O)(CN1CCN(CC(O)(CC)C(C)OC)CCN(CC(O)(CC)C(C)OC)CC1)C(C)C. The highest BCUT2D eigenvalue weighted by Crippen LogP contribution is 2.25. The van der Waals surface area contributed by atoms with Crippen LogP contribution in [0.3, 0.4) is 0 Å². The summed E-state index contributed by atoms with van der Waals surface area (Å²) in [5, 5.41) is 34.0. The van der Waals surface area contributed by atoms with Crippen molar-refractivity contribution in [2.24, 2.45) is 5.92 Å². The molecule has 1 saturated heterocycles. The number of ether oxygens (including phenoxy) is 2. The van der Waals surface area contributed by atoms with Gasteiger partial charge in [-0.1, -0.05) is 34.6 Å². The first-order valence-corrected chi connectivity index (χ1v) is 13.7. The summed E-state index contributed by atoms with van der Waals surface area (Å²) in [7, 11) is 3.29. The minimum absolute atomic E-state index is 0.160. The van der Waals surface area contributed by atoms with Gasteiger partial charge in [-0.25, -0.2) is 0 Å². The molecule has 8 heteroatoms. The molecule has 1 fully saturated rings. The summed E-state index contributed by atoms with van der Waals surface area (Å²) in [4.78, 5) is 6.98. The first-order valence-electron chi connectivity index (χ1n) is 13.7. The maximum atomic E-state index is 11.3. The number of nitrogens with zero attached hydrogens (tertiary/aromatic N) is 3. The number of hydrogen-bond acceptors (Lipinski definition) is 8. The molecule has 1 aliphatic rings. The van der Waals surface area contributed by atoms with E-state index < -0.39 is 16.8 Å². The van der Waals surface area contributed by atoms with Gasteiger partial charge in [0, 0.05) is 73.1 Å². The molecule has 0 aliphatic carbocycles. The largest absolute Gasteiger partial charge is 0.388 e. The molecule has 0 aromatic heterocycles. The van der Waals surface area contributed by atoms with Gasteiger partial charge in [-0.15, -0.1) is 0 Å². The van der Waals surface area contributed by atoms with Gasteiger partial charge in [0.05, 0.1) is 17.8 Å². The average Bonchev–Trinajstić information content (AvgIpc) is 2.93. The van der Waals surface area contributed by atoms with E-state index in [9.17, 15) is 15.3 Å². The second kappa shape index (κ2) is 14.6. The predicted molar refractivity (Wildman–Crippen MR) is 143 cm³/mol. The number of rotatable bonds is 14. The minimum Gasteiger partial charge on any atom is -0.388 e. The lowest BCUT2D eigenvalue weighted by atomic mass is 9.87. The van der Waals surface area contributed by atoms with Crippen LogP contribution in [0.5, 0.6) is 0 Å². The summed E-state index contributed by atoms with van der Waals surface area (Å²) in [5.41, 5.74) is -2.61. The van der Waals surface area contributed by atoms with Crippen LogP contribution in [0.2, 0.25) is 0 Å². The third-order valence-electron chi connectivity index (χ3n) is 8.82.